The SMILES string of the molecule is CCC(CC)(CC)Nc1cc(F)c(I)cc1N. The maximum absolute atomic E-state index is 13.5. The molecule has 0 unspecified atom stereocenters. The average Bonchev–Trinajstić information content (AvgIpc) is 2.33. The summed E-state index contributed by atoms with van der Waals surface area (Å²) in [7, 11) is 0. The van der Waals surface area contributed by atoms with Crippen molar-refractivity contribution in [1.29, 1.82) is 0 Å². The second kappa shape index (κ2) is 5.89. The van der Waals surface area contributed by atoms with E-state index in [-0.39, 0.29) is 11.4 Å². The molecule has 0 spiro atoms. The monoisotopic (exact) mass is 350 g/mol. The van der Waals surface area contributed by atoms with Crippen LogP contribution in [0, 0.1) is 9.39 Å². The van der Waals surface area contributed by atoms with E-state index >= 15 is 0 Å². The van der Waals surface area contributed by atoms with Crippen LogP contribution in [0.25, 0.3) is 0 Å². The number of rotatable bonds is 5. The molecule has 0 atom stereocenters. The fraction of sp³-hybridized carbons (Fsp3) is 0.538. The summed E-state index contributed by atoms with van der Waals surface area (Å²) in [5.41, 5.74) is 7.24. The van der Waals surface area contributed by atoms with Crippen molar-refractivity contribution in [3.63, 3.8) is 0 Å². The fourth-order valence-electron chi connectivity index (χ4n) is 1.97. The second-order valence-corrected chi connectivity index (χ2v) is 5.48. The Morgan fingerprint density at radius 2 is 1.76 bits per heavy atom. The number of nitrogens with one attached hydrogen (secondary N) is 1. The molecule has 0 amide bonds. The number of benzene rings is 1. The Balaban J connectivity index is 3.05. The molecule has 0 heterocycles. The van der Waals surface area contributed by atoms with Crippen LogP contribution in [0.4, 0.5) is 15.8 Å². The van der Waals surface area contributed by atoms with Gasteiger partial charge in [-0.25, -0.2) is 4.39 Å². The van der Waals surface area contributed by atoms with Crippen molar-refractivity contribution in [3.05, 3.63) is 21.5 Å². The summed E-state index contributed by atoms with van der Waals surface area (Å²) in [5.74, 6) is -0.223. The van der Waals surface area contributed by atoms with Crippen molar-refractivity contribution in [2.45, 2.75) is 45.6 Å². The predicted octanol–water partition coefficient (Wildman–Crippen LogP) is 4.39. The van der Waals surface area contributed by atoms with E-state index in [2.05, 4.69) is 26.1 Å². The molecule has 0 saturated carbocycles. The molecule has 0 fully saturated rings. The molecular weight excluding hydrogens is 330 g/mol. The van der Waals surface area contributed by atoms with Gasteiger partial charge in [0.05, 0.1) is 14.9 Å². The number of nitrogen functional groups attached to an aromatic ring is 1. The van der Waals surface area contributed by atoms with E-state index in [9.17, 15) is 4.39 Å². The van der Waals surface area contributed by atoms with Crippen LogP contribution in [0.1, 0.15) is 40.0 Å². The molecule has 96 valence electrons. The number of hydrogen-bond acceptors (Lipinski definition) is 2. The molecule has 3 N–H and O–H groups in total. The lowest BCUT2D eigenvalue weighted by Crippen LogP contribution is -2.36. The Morgan fingerprint density at radius 3 is 2.24 bits per heavy atom. The van der Waals surface area contributed by atoms with Gasteiger partial charge in [-0.1, -0.05) is 20.8 Å². The Bertz CT molecular complexity index is 381. The third kappa shape index (κ3) is 3.24. The van der Waals surface area contributed by atoms with E-state index in [1.54, 1.807) is 6.07 Å². The predicted molar refractivity (Wildman–Crippen MR) is 80.8 cm³/mol. The molecule has 0 bridgehead atoms. The lowest BCUT2D eigenvalue weighted by Gasteiger charge is -2.33. The van der Waals surface area contributed by atoms with Crippen LogP contribution in [-0.2, 0) is 0 Å². The molecule has 0 aliphatic carbocycles. The molecule has 1 rings (SSSR count). The van der Waals surface area contributed by atoms with Crippen LogP contribution >= 0.6 is 22.6 Å². The third-order valence-corrected chi connectivity index (χ3v) is 4.35. The highest BCUT2D eigenvalue weighted by molar-refractivity contribution is 14.1. The van der Waals surface area contributed by atoms with Crippen molar-refractivity contribution in [2.75, 3.05) is 11.1 Å². The Kier molecular flexibility index (Phi) is 5.04. The van der Waals surface area contributed by atoms with Gasteiger partial charge in [-0.05, 0) is 47.9 Å². The van der Waals surface area contributed by atoms with Gasteiger partial charge in [-0.3, -0.25) is 0 Å². The first-order valence-corrected chi connectivity index (χ1v) is 7.08. The first-order valence-electron chi connectivity index (χ1n) is 6.00. The van der Waals surface area contributed by atoms with Gasteiger partial charge in [0.1, 0.15) is 5.82 Å². The molecule has 0 aliphatic heterocycles. The molecule has 17 heavy (non-hydrogen) atoms. The highest BCUT2D eigenvalue weighted by Gasteiger charge is 2.24. The van der Waals surface area contributed by atoms with Crippen molar-refractivity contribution < 1.29 is 4.39 Å². The van der Waals surface area contributed by atoms with Crippen molar-refractivity contribution in [1.82, 2.24) is 0 Å². The topological polar surface area (TPSA) is 38.0 Å². The minimum atomic E-state index is -0.223. The van der Waals surface area contributed by atoms with Gasteiger partial charge < -0.3 is 11.1 Å². The number of hydrogen-bond donors (Lipinski definition) is 2. The largest absolute Gasteiger partial charge is 0.397 e. The lowest BCUT2D eigenvalue weighted by atomic mass is 9.89. The van der Waals surface area contributed by atoms with Gasteiger partial charge in [0.15, 0.2) is 0 Å². The number of halogens is 2. The number of nitrogens with two attached hydrogens (primary N) is 1. The van der Waals surface area contributed by atoms with Crippen molar-refractivity contribution >= 4 is 34.0 Å². The van der Waals surface area contributed by atoms with E-state index in [0.717, 1.165) is 19.3 Å². The van der Waals surface area contributed by atoms with E-state index in [1.165, 1.54) is 6.07 Å². The van der Waals surface area contributed by atoms with Gasteiger partial charge in [0, 0.05) is 11.6 Å². The molecule has 0 aliphatic rings. The van der Waals surface area contributed by atoms with Crippen LogP contribution in [0.15, 0.2) is 12.1 Å². The van der Waals surface area contributed by atoms with Gasteiger partial charge in [0.25, 0.3) is 0 Å². The maximum Gasteiger partial charge on any atom is 0.138 e. The molecule has 0 aromatic heterocycles. The third-order valence-electron chi connectivity index (χ3n) is 3.52. The summed E-state index contributed by atoms with van der Waals surface area (Å²) in [6, 6.07) is 3.16. The average molecular weight is 350 g/mol. The Hall–Kier alpha value is -0.520. The number of anilines is 2. The van der Waals surface area contributed by atoms with Crippen LogP contribution in [0.5, 0.6) is 0 Å². The molecule has 2 nitrogen and oxygen atoms in total. The van der Waals surface area contributed by atoms with Crippen LogP contribution in [0.2, 0.25) is 0 Å². The quantitative estimate of drug-likeness (QED) is 0.610. The van der Waals surface area contributed by atoms with Gasteiger partial charge in [-0.2, -0.15) is 0 Å². The standard InChI is InChI=1S/C13H20FIN2/c1-4-13(5-2,6-3)17-12-7-9(14)10(15)8-11(12)16/h7-8,17H,4-6,16H2,1-3H3. The molecule has 1 aromatic carbocycles. The fourth-order valence-corrected chi connectivity index (χ4v) is 2.46. The molecule has 0 saturated heterocycles. The van der Waals surface area contributed by atoms with Crippen LogP contribution in [-0.4, -0.2) is 5.54 Å². The van der Waals surface area contributed by atoms with E-state index < -0.39 is 0 Å². The molecular formula is C13H20FIN2. The van der Waals surface area contributed by atoms with Gasteiger partial charge in [0.2, 0.25) is 0 Å². The highest BCUT2D eigenvalue weighted by Crippen LogP contribution is 2.31. The molecule has 0 radical (unpaired) electrons. The minimum absolute atomic E-state index is 0.00729. The molecule has 4 heteroatoms. The first kappa shape index (κ1) is 14.5. The lowest BCUT2D eigenvalue weighted by molar-refractivity contribution is 0.420. The van der Waals surface area contributed by atoms with E-state index in [4.69, 9.17) is 5.73 Å². The zero-order chi connectivity index (χ0) is 13.1. The second-order valence-electron chi connectivity index (χ2n) is 4.32. The van der Waals surface area contributed by atoms with Crippen LogP contribution < -0.4 is 11.1 Å². The minimum Gasteiger partial charge on any atom is -0.397 e. The van der Waals surface area contributed by atoms with E-state index in [1.807, 2.05) is 22.6 Å². The smallest absolute Gasteiger partial charge is 0.138 e. The first-order chi connectivity index (χ1) is 7.98. The highest BCUT2D eigenvalue weighted by atomic mass is 127. The summed E-state index contributed by atoms with van der Waals surface area (Å²) >= 11 is 1.95. The Morgan fingerprint density at radius 1 is 1.24 bits per heavy atom. The summed E-state index contributed by atoms with van der Waals surface area (Å²) < 4.78 is 14.1. The van der Waals surface area contributed by atoms with Crippen molar-refractivity contribution in [3.8, 4) is 0 Å². The van der Waals surface area contributed by atoms with E-state index in [0.29, 0.717) is 14.9 Å². The normalized spacial score (nSPS) is 11.6. The van der Waals surface area contributed by atoms with Crippen LogP contribution in [0.3, 0.4) is 0 Å². The zero-order valence-electron chi connectivity index (χ0n) is 10.6. The Labute approximate surface area is 116 Å². The maximum atomic E-state index is 13.5. The summed E-state index contributed by atoms with van der Waals surface area (Å²) in [5, 5.41) is 3.41. The van der Waals surface area contributed by atoms with Gasteiger partial charge in [-0.15, -0.1) is 0 Å². The zero-order valence-corrected chi connectivity index (χ0v) is 12.8. The summed E-state index contributed by atoms with van der Waals surface area (Å²) in [6.45, 7) is 6.41. The molecule has 1 aromatic rings. The van der Waals surface area contributed by atoms with Gasteiger partial charge >= 0.3 is 0 Å². The van der Waals surface area contributed by atoms with Crippen molar-refractivity contribution in [2.24, 2.45) is 0 Å². The summed E-state index contributed by atoms with van der Waals surface area (Å²) in [6.07, 6.45) is 2.98. The summed E-state index contributed by atoms with van der Waals surface area (Å²) in [4.78, 5) is 0.